The van der Waals surface area contributed by atoms with Gasteiger partial charge in [0.05, 0.1) is 0 Å². The van der Waals surface area contributed by atoms with E-state index >= 15 is 0 Å². The Morgan fingerprint density at radius 1 is 1.44 bits per heavy atom. The molecule has 0 radical (unpaired) electrons. The normalized spacial score (nSPS) is 20.9. The van der Waals surface area contributed by atoms with Gasteiger partial charge in [0.25, 0.3) is 0 Å². The van der Waals surface area contributed by atoms with E-state index in [2.05, 4.69) is 10.3 Å². The Labute approximate surface area is 104 Å². The quantitative estimate of drug-likeness (QED) is 0.909. The summed E-state index contributed by atoms with van der Waals surface area (Å²) in [4.78, 5) is 3.63. The van der Waals surface area contributed by atoms with Crippen molar-refractivity contribution in [3.05, 3.63) is 17.3 Å². The lowest BCUT2D eigenvalue weighted by atomic mass is 10.1. The second kappa shape index (κ2) is 4.91. The third-order valence-electron chi connectivity index (χ3n) is 3.07. The number of rotatable bonds is 3. The molecule has 1 aromatic rings. The molecule has 1 atom stereocenters. The molecule has 1 saturated heterocycles. The summed E-state index contributed by atoms with van der Waals surface area (Å²) in [5.74, 6) is -0.194. The van der Waals surface area contributed by atoms with E-state index < -0.39 is 11.9 Å². The third-order valence-corrected chi connectivity index (χ3v) is 3.07. The molecule has 0 aromatic carbocycles. The monoisotopic (exact) mass is 262 g/mol. The molecule has 3 nitrogen and oxygen atoms in total. The summed E-state index contributed by atoms with van der Waals surface area (Å²) in [6.45, 7) is 4.26. The zero-order valence-corrected chi connectivity index (χ0v) is 10.5. The molecule has 1 fully saturated rings. The lowest BCUT2D eigenvalue weighted by molar-refractivity contribution is -0.142. The van der Waals surface area contributed by atoms with Crippen LogP contribution in [0.5, 0.6) is 0 Å². The van der Waals surface area contributed by atoms with E-state index in [1.54, 1.807) is 13.8 Å². The summed E-state index contributed by atoms with van der Waals surface area (Å²) in [5.41, 5.74) is -0.870. The molecule has 1 aliphatic rings. The van der Waals surface area contributed by atoms with Crippen molar-refractivity contribution in [3.63, 3.8) is 0 Å². The van der Waals surface area contributed by atoms with Gasteiger partial charge in [0.1, 0.15) is 5.76 Å². The molecule has 0 bridgehead atoms. The van der Waals surface area contributed by atoms with Crippen molar-refractivity contribution in [3.8, 4) is 0 Å². The lowest BCUT2D eigenvalue weighted by Crippen LogP contribution is -2.23. The zero-order chi connectivity index (χ0) is 13.3. The summed E-state index contributed by atoms with van der Waals surface area (Å²) in [5, 5.41) is 3.22. The molecule has 1 unspecified atom stereocenters. The second-order valence-corrected chi connectivity index (χ2v) is 4.97. The van der Waals surface area contributed by atoms with Crippen LogP contribution in [0.4, 0.5) is 13.2 Å². The summed E-state index contributed by atoms with van der Waals surface area (Å²) in [6, 6.07) is 0.185. The van der Waals surface area contributed by atoms with Gasteiger partial charge in [-0.25, -0.2) is 4.98 Å². The maximum atomic E-state index is 12.8. The van der Waals surface area contributed by atoms with Crippen molar-refractivity contribution >= 4 is 0 Å². The van der Waals surface area contributed by atoms with Gasteiger partial charge in [0, 0.05) is 18.4 Å². The van der Waals surface area contributed by atoms with Crippen LogP contribution in [0.15, 0.2) is 4.42 Å². The Morgan fingerprint density at radius 2 is 2.17 bits per heavy atom. The van der Waals surface area contributed by atoms with Gasteiger partial charge in [-0.3, -0.25) is 0 Å². The van der Waals surface area contributed by atoms with Gasteiger partial charge < -0.3 is 9.73 Å². The fourth-order valence-electron chi connectivity index (χ4n) is 2.20. The molecular formula is C12H17F3N2O. The molecule has 0 spiro atoms. The van der Waals surface area contributed by atoms with Gasteiger partial charge in [0.15, 0.2) is 11.6 Å². The van der Waals surface area contributed by atoms with Crippen LogP contribution in [-0.2, 0) is 12.6 Å². The van der Waals surface area contributed by atoms with E-state index in [-0.39, 0.29) is 23.6 Å². The number of hydrogen-bond acceptors (Lipinski definition) is 3. The maximum absolute atomic E-state index is 12.8. The molecule has 0 saturated carbocycles. The van der Waals surface area contributed by atoms with Gasteiger partial charge >= 0.3 is 6.18 Å². The molecule has 0 amide bonds. The van der Waals surface area contributed by atoms with Crippen molar-refractivity contribution in [1.29, 1.82) is 0 Å². The van der Waals surface area contributed by atoms with Crippen LogP contribution in [0.1, 0.15) is 50.0 Å². The number of aromatic nitrogens is 1. The minimum atomic E-state index is -4.44. The van der Waals surface area contributed by atoms with Crippen molar-refractivity contribution in [2.75, 3.05) is 6.54 Å². The fourth-order valence-corrected chi connectivity index (χ4v) is 2.20. The van der Waals surface area contributed by atoms with E-state index in [1.165, 1.54) is 0 Å². The number of alkyl halides is 3. The SMILES string of the molecule is CC(C)c1oc(CC2CCCN2)nc1C(F)(F)F. The van der Waals surface area contributed by atoms with Gasteiger partial charge in [0.2, 0.25) is 0 Å². The largest absolute Gasteiger partial charge is 0.445 e. The van der Waals surface area contributed by atoms with Crippen LogP contribution in [0.25, 0.3) is 0 Å². The molecule has 1 aromatic heterocycles. The van der Waals surface area contributed by atoms with Gasteiger partial charge in [-0.15, -0.1) is 0 Å². The number of halogens is 3. The fraction of sp³-hybridized carbons (Fsp3) is 0.750. The number of nitrogens with one attached hydrogen (secondary N) is 1. The number of hydrogen-bond donors (Lipinski definition) is 1. The highest BCUT2D eigenvalue weighted by molar-refractivity contribution is 5.17. The first kappa shape index (κ1) is 13.4. The predicted octanol–water partition coefficient (Wildman–Crippen LogP) is 3.11. The number of nitrogens with zero attached hydrogens (tertiary/aromatic N) is 1. The van der Waals surface area contributed by atoms with E-state index in [1.807, 2.05) is 0 Å². The van der Waals surface area contributed by atoms with Crippen LogP contribution in [0, 0.1) is 0 Å². The van der Waals surface area contributed by atoms with E-state index in [4.69, 9.17) is 4.42 Å². The number of oxazole rings is 1. The highest BCUT2D eigenvalue weighted by Gasteiger charge is 2.39. The zero-order valence-electron chi connectivity index (χ0n) is 10.5. The highest BCUT2D eigenvalue weighted by Crippen LogP contribution is 2.35. The summed E-state index contributed by atoms with van der Waals surface area (Å²) >= 11 is 0. The van der Waals surface area contributed by atoms with Crippen molar-refractivity contribution in [2.45, 2.75) is 51.2 Å². The Bertz CT molecular complexity index is 406. The van der Waals surface area contributed by atoms with E-state index in [0.717, 1.165) is 19.4 Å². The summed E-state index contributed by atoms with van der Waals surface area (Å²) in [7, 11) is 0. The average Bonchev–Trinajstić information content (AvgIpc) is 2.85. The Balaban J connectivity index is 2.21. The van der Waals surface area contributed by atoms with Crippen molar-refractivity contribution in [2.24, 2.45) is 0 Å². The Kier molecular flexibility index (Phi) is 3.66. The van der Waals surface area contributed by atoms with Gasteiger partial charge in [-0.2, -0.15) is 13.2 Å². The molecule has 1 aliphatic heterocycles. The molecule has 18 heavy (non-hydrogen) atoms. The molecule has 0 aliphatic carbocycles. The molecule has 2 heterocycles. The predicted molar refractivity (Wildman–Crippen MR) is 60.3 cm³/mol. The van der Waals surface area contributed by atoms with Crippen LogP contribution < -0.4 is 5.32 Å². The first-order chi connectivity index (χ1) is 8.38. The maximum Gasteiger partial charge on any atom is 0.436 e. The van der Waals surface area contributed by atoms with Crippen LogP contribution >= 0.6 is 0 Å². The van der Waals surface area contributed by atoms with Crippen LogP contribution in [-0.4, -0.2) is 17.6 Å². The minimum absolute atomic E-state index is 0.0597. The smallest absolute Gasteiger partial charge is 0.436 e. The first-order valence-electron chi connectivity index (χ1n) is 6.18. The minimum Gasteiger partial charge on any atom is -0.445 e. The second-order valence-electron chi connectivity index (χ2n) is 4.97. The van der Waals surface area contributed by atoms with E-state index in [9.17, 15) is 13.2 Å². The van der Waals surface area contributed by atoms with Crippen LogP contribution in [0.3, 0.4) is 0 Å². The van der Waals surface area contributed by atoms with Gasteiger partial charge in [-0.05, 0) is 19.4 Å². The molecule has 102 valence electrons. The topological polar surface area (TPSA) is 38.1 Å². The molecule has 1 N–H and O–H groups in total. The Hall–Kier alpha value is -1.04. The van der Waals surface area contributed by atoms with Crippen LogP contribution in [0.2, 0.25) is 0 Å². The lowest BCUT2D eigenvalue weighted by Gasteiger charge is -2.06. The average molecular weight is 262 g/mol. The highest BCUT2D eigenvalue weighted by atomic mass is 19.4. The Morgan fingerprint density at radius 3 is 2.61 bits per heavy atom. The van der Waals surface area contributed by atoms with Gasteiger partial charge in [-0.1, -0.05) is 13.8 Å². The molecular weight excluding hydrogens is 245 g/mol. The molecule has 6 heteroatoms. The van der Waals surface area contributed by atoms with Crippen molar-refractivity contribution < 1.29 is 17.6 Å². The molecule has 2 rings (SSSR count). The van der Waals surface area contributed by atoms with E-state index in [0.29, 0.717) is 6.42 Å². The third kappa shape index (κ3) is 2.85. The first-order valence-corrected chi connectivity index (χ1v) is 6.18. The summed E-state index contributed by atoms with van der Waals surface area (Å²) < 4.78 is 43.7. The van der Waals surface area contributed by atoms with Crippen molar-refractivity contribution in [1.82, 2.24) is 10.3 Å². The summed E-state index contributed by atoms with van der Waals surface area (Å²) in [6.07, 6.45) is -2.00. The standard InChI is InChI=1S/C12H17F3N2O/c1-7(2)10-11(12(13,14)15)17-9(18-10)6-8-4-3-5-16-8/h7-8,16H,3-6H2,1-2H3.